The fraction of sp³-hybridized carbons (Fsp3) is 0.500. The van der Waals surface area contributed by atoms with Crippen molar-refractivity contribution in [3.05, 3.63) is 35.8 Å². The van der Waals surface area contributed by atoms with Crippen LogP contribution in [0.5, 0.6) is 0 Å². The van der Waals surface area contributed by atoms with Crippen molar-refractivity contribution in [1.29, 1.82) is 5.41 Å². The van der Waals surface area contributed by atoms with E-state index in [1.54, 1.807) is 18.7 Å². The number of aryl methyl sites for hydroxylation is 2. The minimum Gasteiger partial charge on any atom is -0.365 e. The number of nitrogens with one attached hydrogen (secondary N) is 3. The maximum atomic E-state index is 12.5. The second kappa shape index (κ2) is 11.1. The van der Waals surface area contributed by atoms with Gasteiger partial charge in [-0.15, -0.1) is 0 Å². The SMILES string of the molecule is CCn1c(-c2cnc(C)nc2)nc2c(NC3CCC(NC(=O)CN(C)C)=C(C(=N)C(C)C)C3)ncnc21. The van der Waals surface area contributed by atoms with Crippen LogP contribution in [0.3, 0.4) is 0 Å². The molecule has 0 fully saturated rings. The summed E-state index contributed by atoms with van der Waals surface area (Å²) in [6, 6.07) is 0.0413. The van der Waals surface area contributed by atoms with Crippen LogP contribution in [0.25, 0.3) is 22.6 Å². The molecule has 0 aliphatic heterocycles. The number of imidazole rings is 1. The molecule has 0 saturated heterocycles. The molecule has 3 heterocycles. The van der Waals surface area contributed by atoms with Crippen LogP contribution in [0.2, 0.25) is 0 Å². The Hall–Kier alpha value is -3.73. The van der Waals surface area contributed by atoms with E-state index in [1.165, 1.54) is 0 Å². The first-order valence-electron chi connectivity index (χ1n) is 12.7. The quantitative estimate of drug-likeness (QED) is 0.378. The average molecular weight is 505 g/mol. The lowest BCUT2D eigenvalue weighted by atomic mass is 9.85. The van der Waals surface area contributed by atoms with Crippen molar-refractivity contribution in [2.45, 2.75) is 59.5 Å². The largest absolute Gasteiger partial charge is 0.365 e. The zero-order chi connectivity index (χ0) is 26.7. The van der Waals surface area contributed by atoms with E-state index in [1.807, 2.05) is 44.3 Å². The molecule has 0 spiro atoms. The van der Waals surface area contributed by atoms with Gasteiger partial charge in [0, 0.05) is 36.4 Å². The summed E-state index contributed by atoms with van der Waals surface area (Å²) in [6.45, 7) is 8.91. The van der Waals surface area contributed by atoms with E-state index in [-0.39, 0.29) is 17.9 Å². The number of hydrogen-bond acceptors (Lipinski definition) is 9. The molecule has 4 rings (SSSR count). The van der Waals surface area contributed by atoms with Gasteiger partial charge in [0.25, 0.3) is 0 Å². The van der Waals surface area contributed by atoms with Crippen molar-refractivity contribution >= 4 is 28.6 Å². The van der Waals surface area contributed by atoms with Crippen molar-refractivity contribution in [1.82, 2.24) is 39.7 Å². The molecule has 37 heavy (non-hydrogen) atoms. The molecule has 11 nitrogen and oxygen atoms in total. The third-order valence-corrected chi connectivity index (χ3v) is 6.44. The topological polar surface area (TPSA) is 138 Å². The van der Waals surface area contributed by atoms with Crippen molar-refractivity contribution in [3.63, 3.8) is 0 Å². The minimum absolute atomic E-state index is 0.0413. The van der Waals surface area contributed by atoms with Crippen LogP contribution >= 0.6 is 0 Å². The first kappa shape index (κ1) is 26.3. The Morgan fingerprint density at radius 1 is 1.22 bits per heavy atom. The molecule has 3 aromatic heterocycles. The minimum atomic E-state index is -0.0595. The lowest BCUT2D eigenvalue weighted by molar-refractivity contribution is -0.121. The highest BCUT2D eigenvalue weighted by molar-refractivity contribution is 6.00. The highest BCUT2D eigenvalue weighted by atomic mass is 16.2. The van der Waals surface area contributed by atoms with Gasteiger partial charge in [0.05, 0.1) is 12.1 Å². The molecule has 0 bridgehead atoms. The predicted molar refractivity (Wildman–Crippen MR) is 144 cm³/mol. The van der Waals surface area contributed by atoms with Crippen LogP contribution in [-0.2, 0) is 11.3 Å². The summed E-state index contributed by atoms with van der Waals surface area (Å²) >= 11 is 0. The lowest BCUT2D eigenvalue weighted by Gasteiger charge is -2.30. The van der Waals surface area contributed by atoms with Crippen LogP contribution < -0.4 is 10.6 Å². The molecule has 3 N–H and O–H groups in total. The summed E-state index contributed by atoms with van der Waals surface area (Å²) in [7, 11) is 3.73. The van der Waals surface area contributed by atoms with Gasteiger partial charge in [-0.05, 0) is 58.7 Å². The monoisotopic (exact) mass is 504 g/mol. The van der Waals surface area contributed by atoms with Crippen LogP contribution in [0.15, 0.2) is 30.0 Å². The van der Waals surface area contributed by atoms with Crippen molar-refractivity contribution in [2.24, 2.45) is 5.92 Å². The summed E-state index contributed by atoms with van der Waals surface area (Å²) < 4.78 is 2.04. The van der Waals surface area contributed by atoms with E-state index in [4.69, 9.17) is 10.4 Å². The second-order valence-corrected chi connectivity index (χ2v) is 9.99. The van der Waals surface area contributed by atoms with Gasteiger partial charge < -0.3 is 25.5 Å². The van der Waals surface area contributed by atoms with E-state index in [9.17, 15) is 4.79 Å². The Morgan fingerprint density at radius 3 is 2.59 bits per heavy atom. The zero-order valence-electron chi connectivity index (χ0n) is 22.5. The van der Waals surface area contributed by atoms with Crippen molar-refractivity contribution in [2.75, 3.05) is 26.0 Å². The van der Waals surface area contributed by atoms with E-state index < -0.39 is 0 Å². The molecule has 1 aliphatic carbocycles. The molecule has 1 unspecified atom stereocenters. The van der Waals surface area contributed by atoms with Crippen molar-refractivity contribution in [3.8, 4) is 11.4 Å². The number of fused-ring (bicyclic) bond motifs is 1. The number of nitrogens with zero attached hydrogens (tertiary/aromatic N) is 7. The third-order valence-electron chi connectivity index (χ3n) is 6.44. The summed E-state index contributed by atoms with van der Waals surface area (Å²) in [5.41, 5.74) is 4.56. The van der Waals surface area contributed by atoms with Crippen LogP contribution in [0.4, 0.5) is 5.82 Å². The Kier molecular flexibility index (Phi) is 7.91. The number of likely N-dealkylation sites (N-methyl/N-ethyl adjacent to an activating group) is 1. The number of carbonyl (C=O) groups is 1. The summed E-state index contributed by atoms with van der Waals surface area (Å²) in [6.07, 6.45) is 7.19. The Balaban J connectivity index is 1.63. The number of carbonyl (C=O) groups excluding carboxylic acids is 1. The predicted octanol–water partition coefficient (Wildman–Crippen LogP) is 3.18. The maximum Gasteiger partial charge on any atom is 0.238 e. The van der Waals surface area contributed by atoms with Crippen LogP contribution in [-0.4, -0.2) is 72.7 Å². The lowest BCUT2D eigenvalue weighted by Crippen LogP contribution is -2.37. The molecule has 1 amide bonds. The van der Waals surface area contributed by atoms with E-state index in [0.717, 1.165) is 34.7 Å². The molecule has 11 heteroatoms. The molecule has 0 aromatic carbocycles. The number of hydrogen-bond donors (Lipinski definition) is 3. The molecule has 0 saturated carbocycles. The first-order valence-corrected chi connectivity index (χ1v) is 12.7. The van der Waals surface area contributed by atoms with Gasteiger partial charge >= 0.3 is 0 Å². The van der Waals surface area contributed by atoms with Gasteiger partial charge in [-0.1, -0.05) is 13.8 Å². The Morgan fingerprint density at radius 2 is 1.95 bits per heavy atom. The highest BCUT2D eigenvalue weighted by Gasteiger charge is 2.27. The number of anilines is 1. The molecule has 1 aliphatic rings. The highest BCUT2D eigenvalue weighted by Crippen LogP contribution is 2.31. The number of rotatable bonds is 9. The first-order chi connectivity index (χ1) is 17.7. The smallest absolute Gasteiger partial charge is 0.238 e. The van der Waals surface area contributed by atoms with Gasteiger partial charge in [-0.3, -0.25) is 4.79 Å². The maximum absolute atomic E-state index is 12.5. The van der Waals surface area contributed by atoms with E-state index >= 15 is 0 Å². The van der Waals surface area contributed by atoms with Gasteiger partial charge in [0.1, 0.15) is 18.0 Å². The summed E-state index contributed by atoms with van der Waals surface area (Å²) in [4.78, 5) is 36.9. The Bertz CT molecular complexity index is 1320. The van der Waals surface area contributed by atoms with Crippen LogP contribution in [0, 0.1) is 18.3 Å². The molecular formula is C26H36N10O. The second-order valence-electron chi connectivity index (χ2n) is 9.99. The zero-order valence-corrected chi connectivity index (χ0v) is 22.5. The summed E-state index contributed by atoms with van der Waals surface area (Å²) in [5.74, 6) is 2.11. The standard InChI is InChI=1S/C26H36N10O/c1-7-36-25(17-11-28-16(4)29-12-17)34-23-24(30-14-31-26(23)36)32-18-8-9-20(33-21(37)13-35(5)6)19(10-18)22(27)15(2)3/h11-12,14-15,18,27H,7-10,13H2,1-6H3,(H,33,37)(H,30,31,32). The fourth-order valence-corrected chi connectivity index (χ4v) is 4.58. The van der Waals surface area contributed by atoms with Gasteiger partial charge in [-0.2, -0.15) is 0 Å². The molecule has 196 valence electrons. The fourth-order valence-electron chi connectivity index (χ4n) is 4.58. The number of allylic oxidation sites excluding steroid dienone is 1. The molecule has 0 radical (unpaired) electrons. The Labute approximate surface area is 217 Å². The van der Waals surface area contributed by atoms with Gasteiger partial charge in [0.15, 0.2) is 17.0 Å². The van der Waals surface area contributed by atoms with Gasteiger partial charge in [0.2, 0.25) is 5.91 Å². The number of amides is 1. The van der Waals surface area contributed by atoms with E-state index in [0.29, 0.717) is 48.8 Å². The van der Waals surface area contributed by atoms with Crippen LogP contribution in [0.1, 0.15) is 45.9 Å². The molecule has 1 atom stereocenters. The third kappa shape index (κ3) is 5.82. The summed E-state index contributed by atoms with van der Waals surface area (Å²) in [5, 5.41) is 15.4. The molecular weight excluding hydrogens is 468 g/mol. The van der Waals surface area contributed by atoms with E-state index in [2.05, 4.69) is 37.5 Å². The average Bonchev–Trinajstić information content (AvgIpc) is 3.24. The number of aromatic nitrogens is 6. The van der Waals surface area contributed by atoms with Crippen molar-refractivity contribution < 1.29 is 4.79 Å². The molecule has 3 aromatic rings. The van der Waals surface area contributed by atoms with Gasteiger partial charge in [-0.25, -0.2) is 24.9 Å². The normalized spacial score (nSPS) is 16.1.